The van der Waals surface area contributed by atoms with Crippen LogP contribution < -0.4 is 5.32 Å². The van der Waals surface area contributed by atoms with Gasteiger partial charge in [0.15, 0.2) is 0 Å². The highest BCUT2D eigenvalue weighted by molar-refractivity contribution is 5.37. The van der Waals surface area contributed by atoms with Crippen LogP contribution >= 0.6 is 0 Å². The van der Waals surface area contributed by atoms with E-state index in [1.165, 1.54) is 6.07 Å². The molecule has 0 heterocycles. The molecule has 0 aliphatic rings. The van der Waals surface area contributed by atoms with Crippen LogP contribution in [0, 0.1) is 0 Å². The molecular weight excluding hydrogens is 244 g/mol. The number of nitrogens with zero attached hydrogens (tertiary/aromatic N) is 1. The molecule has 0 aliphatic heterocycles. The lowest BCUT2D eigenvalue weighted by Crippen LogP contribution is -2.32. The third-order valence-electron chi connectivity index (χ3n) is 3.05. The maximum atomic E-state index is 9.44. The molecule has 0 bridgehead atoms. The van der Waals surface area contributed by atoms with E-state index in [-0.39, 0.29) is 17.5 Å². The predicted octanol–water partition coefficient (Wildman–Crippen LogP) is 1.33. The molecule has 0 saturated carbocycles. The van der Waals surface area contributed by atoms with E-state index in [2.05, 4.69) is 10.2 Å². The number of benzene rings is 1. The standard InChI is InChI=1S/C14H24N2O3/c1-11(12-8-13(17)10-14(18)9-12)15-4-5-16(2)6-7-19-3/h8-11,15,17-18H,4-7H2,1-3H3. The predicted molar refractivity (Wildman–Crippen MR) is 75.6 cm³/mol. The molecule has 108 valence electrons. The Bertz CT molecular complexity index is 365. The van der Waals surface area contributed by atoms with Crippen LogP contribution in [0.1, 0.15) is 18.5 Å². The van der Waals surface area contributed by atoms with Gasteiger partial charge in [0.25, 0.3) is 0 Å². The van der Waals surface area contributed by atoms with Crippen molar-refractivity contribution < 1.29 is 14.9 Å². The van der Waals surface area contributed by atoms with Gasteiger partial charge < -0.3 is 25.2 Å². The first-order valence-electron chi connectivity index (χ1n) is 6.46. The average molecular weight is 268 g/mol. The van der Waals surface area contributed by atoms with Gasteiger partial charge in [-0.1, -0.05) is 0 Å². The van der Waals surface area contributed by atoms with Crippen molar-refractivity contribution in [1.82, 2.24) is 10.2 Å². The van der Waals surface area contributed by atoms with Crippen molar-refractivity contribution in [2.75, 3.05) is 40.4 Å². The molecule has 0 saturated heterocycles. The van der Waals surface area contributed by atoms with Crippen LogP contribution in [0.15, 0.2) is 18.2 Å². The summed E-state index contributed by atoms with van der Waals surface area (Å²) < 4.78 is 5.02. The zero-order valence-corrected chi connectivity index (χ0v) is 11.9. The summed E-state index contributed by atoms with van der Waals surface area (Å²) in [6.07, 6.45) is 0. The maximum absolute atomic E-state index is 9.44. The molecule has 3 N–H and O–H groups in total. The Morgan fingerprint density at radius 1 is 1.21 bits per heavy atom. The molecule has 0 amide bonds. The maximum Gasteiger partial charge on any atom is 0.119 e. The molecule has 1 unspecified atom stereocenters. The van der Waals surface area contributed by atoms with E-state index in [9.17, 15) is 10.2 Å². The van der Waals surface area contributed by atoms with Crippen molar-refractivity contribution in [2.45, 2.75) is 13.0 Å². The monoisotopic (exact) mass is 268 g/mol. The summed E-state index contributed by atoms with van der Waals surface area (Å²) in [5.74, 6) is 0.168. The summed E-state index contributed by atoms with van der Waals surface area (Å²) >= 11 is 0. The molecule has 0 aromatic heterocycles. The first-order chi connectivity index (χ1) is 9.02. The Labute approximate surface area is 114 Å². The minimum absolute atomic E-state index is 0.0776. The fourth-order valence-corrected chi connectivity index (χ4v) is 1.82. The second-order valence-corrected chi connectivity index (χ2v) is 4.75. The number of hydrogen-bond donors (Lipinski definition) is 3. The van der Waals surface area contributed by atoms with E-state index in [4.69, 9.17) is 4.74 Å². The first kappa shape index (κ1) is 15.8. The Morgan fingerprint density at radius 2 is 1.84 bits per heavy atom. The number of phenolic OH excluding ortho intramolecular Hbond substituents is 2. The van der Waals surface area contributed by atoms with Crippen LogP contribution in [0.4, 0.5) is 0 Å². The van der Waals surface area contributed by atoms with Crippen LogP contribution in [0.2, 0.25) is 0 Å². The molecule has 0 fully saturated rings. The molecule has 0 aliphatic carbocycles. The minimum Gasteiger partial charge on any atom is -0.508 e. The lowest BCUT2D eigenvalue weighted by atomic mass is 10.1. The number of hydrogen-bond acceptors (Lipinski definition) is 5. The third-order valence-corrected chi connectivity index (χ3v) is 3.05. The highest BCUT2D eigenvalue weighted by Crippen LogP contribution is 2.24. The van der Waals surface area contributed by atoms with Gasteiger partial charge in [-0.3, -0.25) is 0 Å². The fraction of sp³-hybridized carbons (Fsp3) is 0.571. The Kier molecular flexibility index (Phi) is 6.62. The molecule has 1 atom stereocenters. The van der Waals surface area contributed by atoms with Crippen molar-refractivity contribution in [3.05, 3.63) is 23.8 Å². The van der Waals surface area contributed by atoms with Crippen LogP contribution in [-0.4, -0.2) is 55.5 Å². The topological polar surface area (TPSA) is 65.0 Å². The molecule has 19 heavy (non-hydrogen) atoms. The molecule has 0 radical (unpaired) electrons. The number of methoxy groups -OCH3 is 1. The van der Waals surface area contributed by atoms with Crippen molar-refractivity contribution in [3.63, 3.8) is 0 Å². The second-order valence-electron chi connectivity index (χ2n) is 4.75. The second kappa shape index (κ2) is 7.99. The highest BCUT2D eigenvalue weighted by atomic mass is 16.5. The molecule has 1 rings (SSSR count). The van der Waals surface area contributed by atoms with Crippen molar-refractivity contribution >= 4 is 0 Å². The molecular formula is C14H24N2O3. The first-order valence-corrected chi connectivity index (χ1v) is 6.46. The number of aromatic hydroxyl groups is 2. The van der Waals surface area contributed by atoms with Crippen LogP contribution in [0.5, 0.6) is 11.5 Å². The number of phenols is 2. The molecule has 0 spiro atoms. The highest BCUT2D eigenvalue weighted by Gasteiger charge is 2.07. The van der Waals surface area contributed by atoms with E-state index in [1.54, 1.807) is 19.2 Å². The van der Waals surface area contributed by atoms with Crippen LogP contribution in [0.3, 0.4) is 0 Å². The summed E-state index contributed by atoms with van der Waals surface area (Å²) in [5.41, 5.74) is 0.872. The molecule has 5 heteroatoms. The van der Waals surface area contributed by atoms with Gasteiger partial charge >= 0.3 is 0 Å². The zero-order valence-electron chi connectivity index (χ0n) is 11.9. The van der Waals surface area contributed by atoms with Gasteiger partial charge in [-0.05, 0) is 31.7 Å². The Hall–Kier alpha value is -1.30. The van der Waals surface area contributed by atoms with Gasteiger partial charge in [0, 0.05) is 38.9 Å². The van der Waals surface area contributed by atoms with E-state index in [0.717, 1.165) is 31.8 Å². The minimum atomic E-state index is 0.0776. The lowest BCUT2D eigenvalue weighted by Gasteiger charge is -2.19. The normalized spacial score (nSPS) is 12.8. The average Bonchev–Trinajstić information content (AvgIpc) is 2.35. The van der Waals surface area contributed by atoms with E-state index >= 15 is 0 Å². The van der Waals surface area contributed by atoms with Crippen molar-refractivity contribution in [3.8, 4) is 11.5 Å². The van der Waals surface area contributed by atoms with E-state index in [1.807, 2.05) is 14.0 Å². The number of ether oxygens (including phenoxy) is 1. The van der Waals surface area contributed by atoms with Gasteiger partial charge in [0.05, 0.1) is 6.61 Å². The summed E-state index contributed by atoms with van der Waals surface area (Å²) in [5, 5.41) is 22.2. The van der Waals surface area contributed by atoms with Crippen molar-refractivity contribution in [1.29, 1.82) is 0 Å². The van der Waals surface area contributed by atoms with Gasteiger partial charge in [-0.15, -0.1) is 0 Å². The summed E-state index contributed by atoms with van der Waals surface area (Å²) in [7, 11) is 3.74. The van der Waals surface area contributed by atoms with Crippen LogP contribution in [-0.2, 0) is 4.74 Å². The van der Waals surface area contributed by atoms with Gasteiger partial charge in [-0.2, -0.15) is 0 Å². The largest absolute Gasteiger partial charge is 0.508 e. The van der Waals surface area contributed by atoms with E-state index < -0.39 is 0 Å². The molecule has 5 nitrogen and oxygen atoms in total. The number of nitrogens with one attached hydrogen (secondary N) is 1. The van der Waals surface area contributed by atoms with Crippen molar-refractivity contribution in [2.24, 2.45) is 0 Å². The fourth-order valence-electron chi connectivity index (χ4n) is 1.82. The smallest absolute Gasteiger partial charge is 0.119 e. The summed E-state index contributed by atoms with van der Waals surface area (Å²) in [4.78, 5) is 2.18. The third kappa shape index (κ3) is 5.92. The van der Waals surface area contributed by atoms with Gasteiger partial charge in [-0.25, -0.2) is 0 Å². The zero-order chi connectivity index (χ0) is 14.3. The molecule has 1 aromatic rings. The Balaban J connectivity index is 2.36. The number of rotatable bonds is 8. The quantitative estimate of drug-likeness (QED) is 0.664. The van der Waals surface area contributed by atoms with E-state index in [0.29, 0.717) is 0 Å². The summed E-state index contributed by atoms with van der Waals surface area (Å²) in [6.45, 7) is 5.38. The van der Waals surface area contributed by atoms with Crippen LogP contribution in [0.25, 0.3) is 0 Å². The molecule has 1 aromatic carbocycles. The SMILES string of the molecule is COCCN(C)CCNC(C)c1cc(O)cc(O)c1. The lowest BCUT2D eigenvalue weighted by molar-refractivity contribution is 0.161. The van der Waals surface area contributed by atoms with Gasteiger partial charge in [0.1, 0.15) is 11.5 Å². The summed E-state index contributed by atoms with van der Waals surface area (Å²) in [6, 6.07) is 4.72. The van der Waals surface area contributed by atoms with Gasteiger partial charge in [0.2, 0.25) is 0 Å². The Morgan fingerprint density at radius 3 is 2.42 bits per heavy atom. The number of likely N-dealkylation sites (N-methyl/N-ethyl adjacent to an activating group) is 1.